The van der Waals surface area contributed by atoms with E-state index in [1.165, 1.54) is 0 Å². The van der Waals surface area contributed by atoms with Gasteiger partial charge in [-0.15, -0.1) is 0 Å². The molecule has 0 unspecified atom stereocenters. The number of hydrogen-bond donors (Lipinski definition) is 1. The topological polar surface area (TPSA) is 58.6 Å². The maximum absolute atomic E-state index is 13.0. The summed E-state index contributed by atoms with van der Waals surface area (Å²) in [6, 6.07) is 14.2. The summed E-state index contributed by atoms with van der Waals surface area (Å²) in [5, 5.41) is 3.55. The van der Waals surface area contributed by atoms with Crippen LogP contribution < -0.4 is 10.1 Å². The molecule has 2 aromatic rings. The normalized spacial score (nSPS) is 12.7. The quantitative estimate of drug-likeness (QED) is 0.660. The van der Waals surface area contributed by atoms with Gasteiger partial charge in [0.1, 0.15) is 11.8 Å². The smallest absolute Gasteiger partial charge is 0.261 e. The number of carbonyl (C=O) groups excluding carboxylic acids is 2. The molecule has 156 valence electrons. The van der Waals surface area contributed by atoms with Gasteiger partial charge in [-0.25, -0.2) is 0 Å². The Balaban J connectivity index is 2.14. The third-order valence-electron chi connectivity index (χ3n) is 4.78. The van der Waals surface area contributed by atoms with Crippen molar-refractivity contribution >= 4 is 23.4 Å². The summed E-state index contributed by atoms with van der Waals surface area (Å²) in [7, 11) is 0. The molecule has 0 aliphatic rings. The lowest BCUT2D eigenvalue weighted by Gasteiger charge is -2.29. The molecule has 0 saturated carbocycles. The van der Waals surface area contributed by atoms with Crippen molar-refractivity contribution in [3.05, 3.63) is 64.7 Å². The van der Waals surface area contributed by atoms with E-state index in [1.54, 1.807) is 36.1 Å². The number of aryl methyl sites for hydroxylation is 1. The van der Waals surface area contributed by atoms with E-state index < -0.39 is 6.04 Å². The van der Waals surface area contributed by atoms with E-state index in [9.17, 15) is 9.59 Å². The molecule has 2 amide bonds. The van der Waals surface area contributed by atoms with Crippen LogP contribution in [-0.4, -0.2) is 35.4 Å². The number of benzene rings is 2. The Kier molecular flexibility index (Phi) is 8.52. The Morgan fingerprint density at radius 1 is 1.14 bits per heavy atom. The van der Waals surface area contributed by atoms with Crippen LogP contribution >= 0.6 is 11.6 Å². The van der Waals surface area contributed by atoms with Crippen LogP contribution in [0, 0.1) is 6.92 Å². The Bertz CT molecular complexity index is 823. The third kappa shape index (κ3) is 7.09. The largest absolute Gasteiger partial charge is 0.484 e. The molecule has 0 aromatic heterocycles. The zero-order valence-electron chi connectivity index (χ0n) is 17.4. The van der Waals surface area contributed by atoms with Crippen molar-refractivity contribution in [1.82, 2.24) is 10.2 Å². The molecule has 6 heteroatoms. The Labute approximate surface area is 178 Å². The van der Waals surface area contributed by atoms with Crippen LogP contribution in [-0.2, 0) is 16.1 Å². The highest BCUT2D eigenvalue weighted by Gasteiger charge is 2.27. The molecule has 0 spiro atoms. The van der Waals surface area contributed by atoms with Crippen LogP contribution in [0.3, 0.4) is 0 Å². The van der Waals surface area contributed by atoms with E-state index >= 15 is 0 Å². The van der Waals surface area contributed by atoms with Crippen molar-refractivity contribution in [2.24, 2.45) is 0 Å². The van der Waals surface area contributed by atoms with Gasteiger partial charge in [0.05, 0.1) is 0 Å². The molecule has 0 heterocycles. The van der Waals surface area contributed by atoms with E-state index in [0.717, 1.165) is 17.5 Å². The zero-order valence-corrected chi connectivity index (χ0v) is 18.2. The fourth-order valence-corrected chi connectivity index (χ4v) is 2.94. The van der Waals surface area contributed by atoms with Crippen molar-refractivity contribution in [2.75, 3.05) is 6.61 Å². The number of hydrogen-bond acceptors (Lipinski definition) is 3. The van der Waals surface area contributed by atoms with Gasteiger partial charge in [-0.3, -0.25) is 9.59 Å². The maximum Gasteiger partial charge on any atom is 0.261 e. The molecule has 2 aromatic carbocycles. The van der Waals surface area contributed by atoms with Gasteiger partial charge in [-0.2, -0.15) is 0 Å². The number of nitrogens with zero attached hydrogens (tertiary/aromatic N) is 1. The van der Waals surface area contributed by atoms with Gasteiger partial charge < -0.3 is 15.0 Å². The van der Waals surface area contributed by atoms with Crippen LogP contribution in [0.1, 0.15) is 38.3 Å². The minimum absolute atomic E-state index is 0.0474. The summed E-state index contributed by atoms with van der Waals surface area (Å²) in [5.74, 6) is 0.120. The number of carbonyl (C=O) groups is 2. The van der Waals surface area contributed by atoms with E-state index in [1.807, 2.05) is 45.0 Å². The Morgan fingerprint density at radius 2 is 1.83 bits per heavy atom. The number of ether oxygens (including phenoxy) is 1. The molecule has 0 saturated heterocycles. The molecular weight excluding hydrogens is 388 g/mol. The van der Waals surface area contributed by atoms with E-state index in [-0.39, 0.29) is 24.5 Å². The molecule has 1 N–H and O–H groups in total. The van der Waals surface area contributed by atoms with Gasteiger partial charge in [0, 0.05) is 17.6 Å². The molecule has 0 radical (unpaired) electrons. The lowest BCUT2D eigenvalue weighted by atomic mass is 10.1. The number of nitrogens with one attached hydrogen (secondary N) is 1. The second-order valence-corrected chi connectivity index (χ2v) is 7.68. The summed E-state index contributed by atoms with van der Waals surface area (Å²) >= 11 is 5.88. The van der Waals surface area contributed by atoms with Crippen LogP contribution in [0.4, 0.5) is 0 Å². The van der Waals surface area contributed by atoms with Crippen LogP contribution in [0.15, 0.2) is 48.5 Å². The fraction of sp³-hybridized carbons (Fsp3) is 0.391. The van der Waals surface area contributed by atoms with Crippen molar-refractivity contribution in [2.45, 2.75) is 52.7 Å². The highest BCUT2D eigenvalue weighted by Crippen LogP contribution is 2.17. The van der Waals surface area contributed by atoms with Crippen LogP contribution in [0.2, 0.25) is 5.02 Å². The summed E-state index contributed by atoms with van der Waals surface area (Å²) < 4.78 is 5.62. The minimum Gasteiger partial charge on any atom is -0.484 e. The minimum atomic E-state index is -0.620. The predicted octanol–water partition coefficient (Wildman–Crippen LogP) is 4.36. The van der Waals surface area contributed by atoms with Crippen molar-refractivity contribution in [3.8, 4) is 5.75 Å². The molecule has 0 aliphatic carbocycles. The second-order valence-electron chi connectivity index (χ2n) is 7.25. The van der Waals surface area contributed by atoms with E-state index in [2.05, 4.69) is 5.32 Å². The first-order valence-electron chi connectivity index (χ1n) is 9.84. The molecule has 0 aliphatic heterocycles. The highest BCUT2D eigenvalue weighted by molar-refractivity contribution is 6.30. The fourth-order valence-electron chi connectivity index (χ4n) is 2.81. The highest BCUT2D eigenvalue weighted by atomic mass is 35.5. The molecule has 29 heavy (non-hydrogen) atoms. The SMILES string of the molecule is CC[C@H](C)NC(=O)[C@H](C)N(Cc1cccc(C)c1)C(=O)COc1ccc(Cl)cc1. The lowest BCUT2D eigenvalue weighted by Crippen LogP contribution is -2.50. The first-order valence-corrected chi connectivity index (χ1v) is 10.2. The second kappa shape index (κ2) is 10.9. The molecule has 2 rings (SSSR count). The lowest BCUT2D eigenvalue weighted by molar-refractivity contribution is -0.142. The Hall–Kier alpha value is -2.53. The first kappa shape index (κ1) is 22.8. The summed E-state index contributed by atoms with van der Waals surface area (Å²) in [4.78, 5) is 27.2. The maximum atomic E-state index is 13.0. The Morgan fingerprint density at radius 3 is 2.45 bits per heavy atom. The molecule has 2 atom stereocenters. The number of amides is 2. The number of rotatable bonds is 9. The summed E-state index contributed by atoms with van der Waals surface area (Å²) in [6.45, 7) is 7.87. The van der Waals surface area contributed by atoms with Gasteiger partial charge in [-0.05, 0) is 57.0 Å². The summed E-state index contributed by atoms with van der Waals surface area (Å²) in [5.41, 5.74) is 2.07. The molecular formula is C23H29ClN2O3. The van der Waals surface area contributed by atoms with Crippen molar-refractivity contribution in [3.63, 3.8) is 0 Å². The monoisotopic (exact) mass is 416 g/mol. The van der Waals surface area contributed by atoms with Crippen LogP contribution in [0.25, 0.3) is 0 Å². The van der Waals surface area contributed by atoms with Gasteiger partial charge >= 0.3 is 0 Å². The van der Waals surface area contributed by atoms with Gasteiger partial charge in [0.15, 0.2) is 6.61 Å². The standard InChI is InChI=1S/C23H29ClN2O3/c1-5-17(3)25-23(28)18(4)26(14-19-8-6-7-16(2)13-19)22(27)15-29-21-11-9-20(24)10-12-21/h6-13,17-18H,5,14-15H2,1-4H3,(H,25,28)/t17-,18-/m0/s1. The molecule has 5 nitrogen and oxygen atoms in total. The van der Waals surface area contributed by atoms with E-state index in [4.69, 9.17) is 16.3 Å². The van der Waals surface area contributed by atoms with E-state index in [0.29, 0.717) is 17.3 Å². The van der Waals surface area contributed by atoms with Gasteiger partial charge in [0.25, 0.3) is 5.91 Å². The average molecular weight is 417 g/mol. The third-order valence-corrected chi connectivity index (χ3v) is 5.03. The van der Waals surface area contributed by atoms with Gasteiger partial charge in [-0.1, -0.05) is 48.4 Å². The molecule has 0 bridgehead atoms. The summed E-state index contributed by atoms with van der Waals surface area (Å²) in [6.07, 6.45) is 0.823. The first-order chi connectivity index (χ1) is 13.8. The predicted molar refractivity (Wildman–Crippen MR) is 116 cm³/mol. The van der Waals surface area contributed by atoms with Crippen molar-refractivity contribution < 1.29 is 14.3 Å². The van der Waals surface area contributed by atoms with Crippen molar-refractivity contribution in [1.29, 1.82) is 0 Å². The average Bonchev–Trinajstić information content (AvgIpc) is 2.70. The molecule has 0 fully saturated rings. The van der Waals surface area contributed by atoms with Gasteiger partial charge in [0.2, 0.25) is 5.91 Å². The van der Waals surface area contributed by atoms with Crippen LogP contribution in [0.5, 0.6) is 5.75 Å². The number of halogens is 1. The zero-order chi connectivity index (χ0) is 21.4.